The molecule has 5 nitrogen and oxygen atoms in total. The first kappa shape index (κ1) is 12.7. The van der Waals surface area contributed by atoms with Crippen molar-refractivity contribution in [3.63, 3.8) is 0 Å². The van der Waals surface area contributed by atoms with Crippen LogP contribution < -0.4 is 16.4 Å². The Bertz CT molecular complexity index is 549. The Kier molecular flexibility index (Phi) is 3.65. The normalized spacial score (nSPS) is 21.9. The van der Waals surface area contributed by atoms with Gasteiger partial charge in [-0.05, 0) is 12.1 Å². The van der Waals surface area contributed by atoms with Gasteiger partial charge in [-0.15, -0.1) is 0 Å². The molecule has 0 amide bonds. The third-order valence-corrected chi connectivity index (χ3v) is 3.01. The fourth-order valence-corrected chi connectivity index (χ4v) is 1.86. The number of aliphatic hydroxyl groups excluding tert-OH is 1. The average Bonchev–Trinajstić information content (AvgIpc) is 2.63. The van der Waals surface area contributed by atoms with E-state index in [1.54, 1.807) is 12.1 Å². The molecule has 0 fully saturated rings. The summed E-state index contributed by atoms with van der Waals surface area (Å²) in [5.41, 5.74) is 5.93. The van der Waals surface area contributed by atoms with Gasteiger partial charge in [-0.3, -0.25) is 5.73 Å². The molecule has 2 rings (SSSR count). The maximum atomic E-state index is 8.61. The first-order chi connectivity index (χ1) is 8.06. The zero-order chi connectivity index (χ0) is 12.5. The van der Waals surface area contributed by atoms with Crippen molar-refractivity contribution in [2.45, 2.75) is 5.79 Å². The minimum absolute atomic E-state index is 0.0738. The standard InChI is InChI=1S/C10H11Cl2N3O2/c11-6-1-2-7-9(8(6)12)15-10(13,14-7)5-17-4-3-16/h1-2,16H,3-5,13H2. The smallest absolute Gasteiger partial charge is 0.227 e. The van der Waals surface area contributed by atoms with Crippen molar-refractivity contribution >= 4 is 23.2 Å². The molecule has 17 heavy (non-hydrogen) atoms. The molecule has 0 aliphatic carbocycles. The molecule has 1 aromatic carbocycles. The highest BCUT2D eigenvalue weighted by molar-refractivity contribution is 6.41. The van der Waals surface area contributed by atoms with Gasteiger partial charge in [-0.1, -0.05) is 23.2 Å². The second-order valence-electron chi connectivity index (χ2n) is 3.61. The second kappa shape index (κ2) is 4.88. The molecular formula is C10H11Cl2N3O2. The highest BCUT2D eigenvalue weighted by atomic mass is 35.5. The van der Waals surface area contributed by atoms with E-state index in [0.29, 0.717) is 20.8 Å². The molecule has 0 aromatic heterocycles. The molecule has 0 radical (unpaired) electrons. The summed E-state index contributed by atoms with van der Waals surface area (Å²) in [5, 5.41) is 10.4. The summed E-state index contributed by atoms with van der Waals surface area (Å²) in [4.78, 5) is 8.42. The topological polar surface area (TPSA) is 80.2 Å². The van der Waals surface area contributed by atoms with E-state index in [9.17, 15) is 0 Å². The Morgan fingerprint density at radius 2 is 2.12 bits per heavy atom. The van der Waals surface area contributed by atoms with Gasteiger partial charge in [-0.2, -0.15) is 0 Å². The third kappa shape index (κ3) is 2.59. The van der Waals surface area contributed by atoms with Crippen molar-refractivity contribution in [2.75, 3.05) is 19.8 Å². The average molecular weight is 276 g/mol. The predicted octanol–water partition coefficient (Wildman–Crippen LogP) is -0.132. The number of hydrogen-bond acceptors (Lipinski definition) is 5. The molecule has 1 unspecified atom stereocenters. The van der Waals surface area contributed by atoms with E-state index < -0.39 is 5.79 Å². The summed E-state index contributed by atoms with van der Waals surface area (Å²) in [6.07, 6.45) is 0. The van der Waals surface area contributed by atoms with Crippen LogP contribution in [-0.2, 0) is 4.74 Å². The number of ether oxygens (including phenoxy) is 1. The van der Waals surface area contributed by atoms with E-state index in [1.165, 1.54) is 0 Å². The fraction of sp³-hybridized carbons (Fsp3) is 0.400. The van der Waals surface area contributed by atoms with Gasteiger partial charge in [0.1, 0.15) is 12.0 Å². The lowest BCUT2D eigenvalue weighted by Gasteiger charge is -2.16. The minimum atomic E-state index is -1.19. The van der Waals surface area contributed by atoms with Crippen LogP contribution in [0.5, 0.6) is 0 Å². The highest BCUT2D eigenvalue weighted by Crippen LogP contribution is 2.17. The first-order valence-corrected chi connectivity index (χ1v) is 5.72. The molecule has 1 aliphatic heterocycles. The number of nitrogens with zero attached hydrogens (tertiary/aromatic N) is 2. The van der Waals surface area contributed by atoms with Gasteiger partial charge in [0.2, 0.25) is 5.79 Å². The number of rotatable bonds is 4. The molecule has 0 saturated carbocycles. The largest absolute Gasteiger partial charge is 0.394 e. The molecular weight excluding hydrogens is 265 g/mol. The Balaban J connectivity index is 2.32. The van der Waals surface area contributed by atoms with Crippen molar-refractivity contribution in [3.05, 3.63) is 32.9 Å². The number of halogens is 2. The van der Waals surface area contributed by atoms with Crippen LogP contribution in [0.2, 0.25) is 10.0 Å². The maximum absolute atomic E-state index is 8.61. The molecule has 1 heterocycles. The molecule has 1 atom stereocenters. The van der Waals surface area contributed by atoms with E-state index in [0.717, 1.165) is 0 Å². The monoisotopic (exact) mass is 275 g/mol. The van der Waals surface area contributed by atoms with Gasteiger partial charge in [-0.25, -0.2) is 9.98 Å². The minimum Gasteiger partial charge on any atom is -0.394 e. The number of aliphatic hydroxyl groups is 1. The summed E-state index contributed by atoms with van der Waals surface area (Å²) < 4.78 is 5.13. The number of fused-ring (bicyclic) bond motifs is 1. The van der Waals surface area contributed by atoms with Gasteiger partial charge < -0.3 is 9.84 Å². The van der Waals surface area contributed by atoms with Crippen molar-refractivity contribution in [1.82, 2.24) is 0 Å². The van der Waals surface area contributed by atoms with E-state index in [4.69, 9.17) is 38.8 Å². The van der Waals surface area contributed by atoms with Crippen LogP contribution in [0.25, 0.3) is 0 Å². The van der Waals surface area contributed by atoms with Crippen LogP contribution >= 0.6 is 23.2 Å². The fourth-order valence-electron chi connectivity index (χ4n) is 1.50. The molecule has 7 heteroatoms. The zero-order valence-electron chi connectivity index (χ0n) is 8.86. The van der Waals surface area contributed by atoms with E-state index in [1.807, 2.05) is 0 Å². The molecule has 0 bridgehead atoms. The van der Waals surface area contributed by atoms with Crippen molar-refractivity contribution in [2.24, 2.45) is 15.7 Å². The van der Waals surface area contributed by atoms with Crippen LogP contribution in [0.15, 0.2) is 22.1 Å². The Hall–Kier alpha value is -0.720. The number of nitrogens with two attached hydrogens (primary N) is 1. The van der Waals surface area contributed by atoms with Crippen LogP contribution in [-0.4, -0.2) is 30.7 Å². The summed E-state index contributed by atoms with van der Waals surface area (Å²) in [5.74, 6) is -1.19. The van der Waals surface area contributed by atoms with Gasteiger partial charge >= 0.3 is 0 Å². The molecule has 3 N–H and O–H groups in total. The predicted molar refractivity (Wildman–Crippen MR) is 63.6 cm³/mol. The van der Waals surface area contributed by atoms with E-state index in [2.05, 4.69) is 9.98 Å². The van der Waals surface area contributed by atoms with Crippen LogP contribution in [0.3, 0.4) is 0 Å². The quantitative estimate of drug-likeness (QED) is 0.752. The van der Waals surface area contributed by atoms with E-state index >= 15 is 0 Å². The molecule has 0 saturated heterocycles. The third-order valence-electron chi connectivity index (χ3n) is 2.22. The van der Waals surface area contributed by atoms with Crippen LogP contribution in [0, 0.1) is 0 Å². The lowest BCUT2D eigenvalue weighted by atomic mass is 10.3. The summed E-state index contributed by atoms with van der Waals surface area (Å²) in [6, 6.07) is 3.34. The lowest BCUT2D eigenvalue weighted by molar-refractivity contribution is 0.0611. The van der Waals surface area contributed by atoms with Crippen molar-refractivity contribution in [3.8, 4) is 0 Å². The van der Waals surface area contributed by atoms with Crippen molar-refractivity contribution in [1.29, 1.82) is 0 Å². The molecule has 92 valence electrons. The number of hydrogen-bond donors (Lipinski definition) is 2. The van der Waals surface area contributed by atoms with Gasteiger partial charge in [0.05, 0.1) is 28.6 Å². The maximum Gasteiger partial charge on any atom is 0.227 e. The Morgan fingerprint density at radius 3 is 2.82 bits per heavy atom. The van der Waals surface area contributed by atoms with Crippen LogP contribution in [0.4, 0.5) is 0 Å². The summed E-state index contributed by atoms with van der Waals surface area (Å²) >= 11 is 11.9. The van der Waals surface area contributed by atoms with Gasteiger partial charge in [0.15, 0.2) is 0 Å². The highest BCUT2D eigenvalue weighted by Gasteiger charge is 2.27. The Labute approximate surface area is 108 Å². The van der Waals surface area contributed by atoms with Gasteiger partial charge in [0.25, 0.3) is 0 Å². The van der Waals surface area contributed by atoms with Crippen molar-refractivity contribution < 1.29 is 9.84 Å². The van der Waals surface area contributed by atoms with Gasteiger partial charge in [0, 0.05) is 0 Å². The summed E-state index contributed by atoms with van der Waals surface area (Å²) in [7, 11) is 0. The lowest BCUT2D eigenvalue weighted by Crippen LogP contribution is -2.40. The molecule has 1 aromatic rings. The second-order valence-corrected chi connectivity index (χ2v) is 4.39. The van der Waals surface area contributed by atoms with Crippen LogP contribution in [0.1, 0.15) is 0 Å². The Morgan fingerprint density at radius 1 is 1.35 bits per heavy atom. The SMILES string of the molecule is NC1(COCCO)N=c2ccc(Cl)c(Cl)c2=N1. The molecule has 0 spiro atoms. The van der Waals surface area contributed by atoms with E-state index in [-0.39, 0.29) is 19.8 Å². The number of benzene rings is 1. The zero-order valence-corrected chi connectivity index (χ0v) is 10.4. The first-order valence-electron chi connectivity index (χ1n) is 4.97. The molecule has 1 aliphatic rings. The summed E-state index contributed by atoms with van der Waals surface area (Å²) in [6.45, 7) is 0.195.